The van der Waals surface area contributed by atoms with Crippen LogP contribution in [0.2, 0.25) is 5.02 Å². The first-order valence-electron chi connectivity index (χ1n) is 6.26. The molecule has 0 aliphatic rings. The summed E-state index contributed by atoms with van der Waals surface area (Å²) in [5.74, 6) is 0.828. The van der Waals surface area contributed by atoms with Crippen LogP contribution < -0.4 is 10.1 Å². The highest BCUT2D eigenvalue weighted by Crippen LogP contribution is 2.26. The Balaban J connectivity index is 2.18. The lowest BCUT2D eigenvalue weighted by molar-refractivity contribution is 0.290. The molecule has 0 spiro atoms. The lowest BCUT2D eigenvalue weighted by atomic mass is 10.2. The zero-order valence-corrected chi connectivity index (χ0v) is 14.0. The molecule has 0 saturated heterocycles. The van der Waals surface area contributed by atoms with Gasteiger partial charge in [-0.05, 0) is 48.1 Å². The van der Waals surface area contributed by atoms with E-state index in [0.29, 0.717) is 18.2 Å². The highest BCUT2D eigenvalue weighted by molar-refractivity contribution is 9.10. The van der Waals surface area contributed by atoms with Gasteiger partial charge in [-0.1, -0.05) is 11.6 Å². The summed E-state index contributed by atoms with van der Waals surface area (Å²) in [4.78, 5) is 0. The quantitative estimate of drug-likeness (QED) is 0.890. The predicted molar refractivity (Wildman–Crippen MR) is 84.2 cm³/mol. The van der Waals surface area contributed by atoms with Gasteiger partial charge in [0.05, 0.1) is 15.9 Å². The number of nitrogens with one attached hydrogen (secondary N) is 1. The molecule has 0 fully saturated rings. The number of aromatic nitrogens is 2. The second-order valence-corrected chi connectivity index (χ2v) is 5.77. The van der Waals surface area contributed by atoms with Gasteiger partial charge in [0.2, 0.25) is 0 Å². The minimum atomic E-state index is 0.455. The van der Waals surface area contributed by atoms with Crippen LogP contribution in [0.4, 0.5) is 0 Å². The molecule has 2 rings (SSSR count). The Labute approximate surface area is 132 Å². The van der Waals surface area contributed by atoms with Crippen LogP contribution in [0.3, 0.4) is 0 Å². The van der Waals surface area contributed by atoms with E-state index in [4.69, 9.17) is 16.3 Å². The van der Waals surface area contributed by atoms with E-state index in [1.54, 1.807) is 0 Å². The molecule has 108 valence electrons. The molecule has 0 saturated carbocycles. The number of hydrogen-bond acceptors (Lipinski definition) is 3. The van der Waals surface area contributed by atoms with Crippen molar-refractivity contribution in [1.82, 2.24) is 15.1 Å². The molecule has 1 aromatic heterocycles. The van der Waals surface area contributed by atoms with Crippen LogP contribution in [0.1, 0.15) is 17.0 Å². The summed E-state index contributed by atoms with van der Waals surface area (Å²) in [7, 11) is 3.80. The summed E-state index contributed by atoms with van der Waals surface area (Å²) in [5, 5.41) is 8.17. The van der Waals surface area contributed by atoms with E-state index in [2.05, 4.69) is 26.3 Å². The van der Waals surface area contributed by atoms with Gasteiger partial charge in [0.15, 0.2) is 0 Å². The Morgan fingerprint density at radius 1 is 1.45 bits per heavy atom. The summed E-state index contributed by atoms with van der Waals surface area (Å²) in [6.45, 7) is 3.13. The largest absolute Gasteiger partial charge is 0.487 e. The molecule has 0 radical (unpaired) electrons. The fraction of sp³-hybridized carbons (Fsp3) is 0.357. The van der Waals surface area contributed by atoms with Gasteiger partial charge in [-0.25, -0.2) is 0 Å². The third kappa shape index (κ3) is 3.34. The molecule has 6 heteroatoms. The zero-order valence-electron chi connectivity index (χ0n) is 11.7. The van der Waals surface area contributed by atoms with Crippen LogP contribution in [-0.4, -0.2) is 16.8 Å². The van der Waals surface area contributed by atoms with Gasteiger partial charge in [-0.3, -0.25) is 4.68 Å². The normalized spacial score (nSPS) is 10.8. The van der Waals surface area contributed by atoms with Gasteiger partial charge in [0, 0.05) is 24.2 Å². The first kappa shape index (κ1) is 15.4. The van der Waals surface area contributed by atoms with Crippen LogP contribution in [0.25, 0.3) is 0 Å². The van der Waals surface area contributed by atoms with Crippen molar-refractivity contribution < 1.29 is 4.74 Å². The molecular formula is C14H17BrClN3O. The second kappa shape index (κ2) is 6.61. The van der Waals surface area contributed by atoms with Crippen molar-refractivity contribution in [2.24, 2.45) is 7.05 Å². The molecule has 4 nitrogen and oxygen atoms in total. The van der Waals surface area contributed by atoms with E-state index in [0.717, 1.165) is 27.2 Å². The minimum absolute atomic E-state index is 0.455. The molecule has 0 atom stereocenters. The number of halogens is 2. The molecule has 1 N–H and O–H groups in total. The molecule has 1 heterocycles. The molecule has 2 aromatic rings. The standard InChI is InChI=1S/C14H17BrClN3O/c1-9-14(15)12(19(3)18-9)8-20-13-5-4-11(16)6-10(13)7-17-2/h4-6,17H,7-8H2,1-3H3. The SMILES string of the molecule is CNCc1cc(Cl)ccc1OCc1c(Br)c(C)nn1C. The highest BCUT2D eigenvalue weighted by Gasteiger charge is 2.12. The van der Waals surface area contributed by atoms with Crippen molar-refractivity contribution >= 4 is 27.5 Å². The fourth-order valence-electron chi connectivity index (χ4n) is 2.00. The molecule has 0 amide bonds. The summed E-state index contributed by atoms with van der Waals surface area (Å²) >= 11 is 9.56. The minimum Gasteiger partial charge on any atom is -0.487 e. The van der Waals surface area contributed by atoms with Crippen LogP contribution in [0.15, 0.2) is 22.7 Å². The number of nitrogens with zero attached hydrogens (tertiary/aromatic N) is 2. The van der Waals surface area contributed by atoms with Gasteiger partial charge in [0.25, 0.3) is 0 Å². The third-order valence-corrected chi connectivity index (χ3v) is 4.28. The number of benzene rings is 1. The number of hydrogen-bond donors (Lipinski definition) is 1. The number of ether oxygens (including phenoxy) is 1. The van der Waals surface area contributed by atoms with E-state index >= 15 is 0 Å². The van der Waals surface area contributed by atoms with E-state index in [1.807, 2.05) is 43.9 Å². The van der Waals surface area contributed by atoms with Crippen molar-refractivity contribution in [3.8, 4) is 5.75 Å². The fourth-order valence-corrected chi connectivity index (χ4v) is 2.65. The second-order valence-electron chi connectivity index (χ2n) is 4.54. The van der Waals surface area contributed by atoms with Crippen LogP contribution in [0, 0.1) is 6.92 Å². The molecule has 20 heavy (non-hydrogen) atoms. The first-order chi connectivity index (χ1) is 9.52. The van der Waals surface area contributed by atoms with E-state index < -0.39 is 0 Å². The van der Waals surface area contributed by atoms with Crippen molar-refractivity contribution in [2.75, 3.05) is 7.05 Å². The summed E-state index contributed by atoms with van der Waals surface area (Å²) in [6.07, 6.45) is 0. The average molecular weight is 359 g/mol. The van der Waals surface area contributed by atoms with Crippen LogP contribution in [0.5, 0.6) is 5.75 Å². The molecule has 0 aliphatic carbocycles. The van der Waals surface area contributed by atoms with Crippen molar-refractivity contribution in [1.29, 1.82) is 0 Å². The number of aryl methyl sites for hydroxylation is 2. The highest BCUT2D eigenvalue weighted by atomic mass is 79.9. The Morgan fingerprint density at radius 2 is 2.20 bits per heavy atom. The lowest BCUT2D eigenvalue weighted by Gasteiger charge is -2.12. The van der Waals surface area contributed by atoms with Gasteiger partial charge in [-0.15, -0.1) is 0 Å². The Morgan fingerprint density at radius 3 is 2.80 bits per heavy atom. The van der Waals surface area contributed by atoms with Crippen LogP contribution >= 0.6 is 27.5 Å². The van der Waals surface area contributed by atoms with Crippen LogP contribution in [-0.2, 0) is 20.2 Å². The van der Waals surface area contributed by atoms with Crippen molar-refractivity contribution in [3.05, 3.63) is 44.6 Å². The smallest absolute Gasteiger partial charge is 0.131 e. The maximum Gasteiger partial charge on any atom is 0.131 e. The van der Waals surface area contributed by atoms with Gasteiger partial charge in [0.1, 0.15) is 12.4 Å². The summed E-state index contributed by atoms with van der Waals surface area (Å²) in [5.41, 5.74) is 3.00. The topological polar surface area (TPSA) is 39.1 Å². The van der Waals surface area contributed by atoms with E-state index in [-0.39, 0.29) is 0 Å². The van der Waals surface area contributed by atoms with Gasteiger partial charge in [-0.2, -0.15) is 5.10 Å². The molecule has 0 bridgehead atoms. The summed E-state index contributed by atoms with van der Waals surface area (Å²) in [6, 6.07) is 5.64. The average Bonchev–Trinajstić information content (AvgIpc) is 2.64. The zero-order chi connectivity index (χ0) is 14.7. The molecular weight excluding hydrogens is 342 g/mol. The lowest BCUT2D eigenvalue weighted by Crippen LogP contribution is -2.09. The van der Waals surface area contributed by atoms with Gasteiger partial charge >= 0.3 is 0 Å². The summed E-state index contributed by atoms with van der Waals surface area (Å²) < 4.78 is 8.73. The molecule has 1 aromatic carbocycles. The van der Waals surface area contributed by atoms with Gasteiger partial charge < -0.3 is 10.1 Å². The molecule has 0 unspecified atom stereocenters. The number of rotatable bonds is 5. The molecule has 0 aliphatic heterocycles. The Kier molecular flexibility index (Phi) is 5.07. The van der Waals surface area contributed by atoms with Crippen molar-refractivity contribution in [2.45, 2.75) is 20.1 Å². The predicted octanol–water partition coefficient (Wildman–Crippen LogP) is 3.44. The maximum absolute atomic E-state index is 6.02. The third-order valence-electron chi connectivity index (χ3n) is 3.02. The van der Waals surface area contributed by atoms with E-state index in [9.17, 15) is 0 Å². The van der Waals surface area contributed by atoms with E-state index in [1.165, 1.54) is 0 Å². The monoisotopic (exact) mass is 357 g/mol. The first-order valence-corrected chi connectivity index (χ1v) is 7.43. The maximum atomic E-state index is 6.02. The Hall–Kier alpha value is -1.04. The van der Waals surface area contributed by atoms with Crippen molar-refractivity contribution in [3.63, 3.8) is 0 Å². The Bertz CT molecular complexity index is 613.